The average molecular weight is 176 g/mol. The smallest absolute Gasteiger partial charge is 0.0715 e. The van der Waals surface area contributed by atoms with Crippen molar-refractivity contribution < 1.29 is 4.74 Å². The van der Waals surface area contributed by atoms with E-state index in [0.717, 1.165) is 6.42 Å². The van der Waals surface area contributed by atoms with Crippen LogP contribution >= 0.6 is 0 Å². The van der Waals surface area contributed by atoms with Gasteiger partial charge in [-0.25, -0.2) is 0 Å². The minimum atomic E-state index is 0.691. The quantitative estimate of drug-likeness (QED) is 0.641. The van der Waals surface area contributed by atoms with E-state index in [-0.39, 0.29) is 0 Å². The topological polar surface area (TPSA) is 9.23 Å². The van der Waals surface area contributed by atoms with E-state index in [2.05, 4.69) is 31.7 Å². The summed E-state index contributed by atoms with van der Waals surface area (Å²) in [5, 5.41) is 0. The summed E-state index contributed by atoms with van der Waals surface area (Å²) in [4.78, 5) is 0. The first kappa shape index (κ1) is 10.0. The van der Waals surface area contributed by atoms with E-state index in [1.165, 1.54) is 16.7 Å². The SMILES string of the molecule is C=CCc1cccc(COC)c1C. The lowest BCUT2D eigenvalue weighted by Gasteiger charge is -2.08. The first-order chi connectivity index (χ1) is 6.29. The van der Waals surface area contributed by atoms with Crippen molar-refractivity contribution in [2.75, 3.05) is 7.11 Å². The molecule has 0 aliphatic rings. The summed E-state index contributed by atoms with van der Waals surface area (Å²) in [6.07, 6.45) is 2.86. The Kier molecular flexibility index (Phi) is 3.71. The van der Waals surface area contributed by atoms with Crippen LogP contribution in [-0.4, -0.2) is 7.11 Å². The molecule has 0 saturated carbocycles. The number of rotatable bonds is 4. The highest BCUT2D eigenvalue weighted by molar-refractivity contribution is 5.34. The fourth-order valence-electron chi connectivity index (χ4n) is 1.43. The van der Waals surface area contributed by atoms with Crippen LogP contribution in [0.3, 0.4) is 0 Å². The van der Waals surface area contributed by atoms with Crippen LogP contribution in [0.1, 0.15) is 16.7 Å². The largest absolute Gasteiger partial charge is 0.380 e. The summed E-state index contributed by atoms with van der Waals surface area (Å²) in [5.41, 5.74) is 3.93. The zero-order valence-electron chi connectivity index (χ0n) is 8.34. The molecular formula is C12H16O. The zero-order chi connectivity index (χ0) is 9.68. The summed E-state index contributed by atoms with van der Waals surface area (Å²) in [7, 11) is 1.72. The summed E-state index contributed by atoms with van der Waals surface area (Å²) >= 11 is 0. The van der Waals surface area contributed by atoms with Gasteiger partial charge < -0.3 is 4.74 Å². The molecule has 0 aromatic heterocycles. The van der Waals surface area contributed by atoms with Crippen molar-refractivity contribution in [1.82, 2.24) is 0 Å². The number of allylic oxidation sites excluding steroid dienone is 1. The van der Waals surface area contributed by atoms with Crippen LogP contribution in [0.5, 0.6) is 0 Å². The van der Waals surface area contributed by atoms with E-state index in [4.69, 9.17) is 4.74 Å². The van der Waals surface area contributed by atoms with Crippen molar-refractivity contribution in [2.45, 2.75) is 20.0 Å². The Morgan fingerprint density at radius 1 is 1.38 bits per heavy atom. The highest BCUT2D eigenvalue weighted by Crippen LogP contribution is 2.15. The lowest BCUT2D eigenvalue weighted by atomic mass is 10.0. The normalized spacial score (nSPS) is 10.0. The van der Waals surface area contributed by atoms with Gasteiger partial charge in [-0.1, -0.05) is 24.3 Å². The van der Waals surface area contributed by atoms with E-state index in [1.54, 1.807) is 7.11 Å². The number of hydrogen-bond acceptors (Lipinski definition) is 1. The molecule has 13 heavy (non-hydrogen) atoms. The van der Waals surface area contributed by atoms with Gasteiger partial charge in [0.05, 0.1) is 6.61 Å². The van der Waals surface area contributed by atoms with Gasteiger partial charge >= 0.3 is 0 Å². The molecule has 0 aliphatic heterocycles. The monoisotopic (exact) mass is 176 g/mol. The van der Waals surface area contributed by atoms with Crippen LogP contribution in [0, 0.1) is 6.92 Å². The minimum Gasteiger partial charge on any atom is -0.380 e. The molecule has 0 radical (unpaired) electrons. The molecule has 0 fully saturated rings. The fraction of sp³-hybridized carbons (Fsp3) is 0.333. The molecule has 0 amide bonds. The maximum absolute atomic E-state index is 5.12. The number of methoxy groups -OCH3 is 1. The van der Waals surface area contributed by atoms with E-state index in [1.807, 2.05) is 6.08 Å². The first-order valence-corrected chi connectivity index (χ1v) is 4.46. The average Bonchev–Trinajstić information content (AvgIpc) is 2.13. The van der Waals surface area contributed by atoms with Gasteiger partial charge in [0.2, 0.25) is 0 Å². The summed E-state index contributed by atoms with van der Waals surface area (Å²) in [5.74, 6) is 0. The Bertz CT molecular complexity index is 289. The van der Waals surface area contributed by atoms with Crippen molar-refractivity contribution in [3.63, 3.8) is 0 Å². The second kappa shape index (κ2) is 4.83. The Labute approximate surface area is 80.0 Å². The lowest BCUT2D eigenvalue weighted by Crippen LogP contribution is -1.95. The first-order valence-electron chi connectivity index (χ1n) is 4.46. The molecule has 0 N–H and O–H groups in total. The standard InChI is InChI=1S/C12H16O/c1-4-6-11-7-5-8-12(9-13-3)10(11)2/h4-5,7-8H,1,6,9H2,2-3H3. The molecule has 1 nitrogen and oxygen atoms in total. The Hall–Kier alpha value is -1.08. The Morgan fingerprint density at radius 3 is 2.69 bits per heavy atom. The molecule has 1 aromatic carbocycles. The second-order valence-corrected chi connectivity index (χ2v) is 3.13. The van der Waals surface area contributed by atoms with Gasteiger partial charge in [0, 0.05) is 7.11 Å². The molecule has 1 rings (SSSR count). The van der Waals surface area contributed by atoms with Gasteiger partial charge in [0.25, 0.3) is 0 Å². The maximum atomic E-state index is 5.12. The van der Waals surface area contributed by atoms with Crippen LogP contribution in [-0.2, 0) is 17.8 Å². The highest BCUT2D eigenvalue weighted by Gasteiger charge is 2.01. The Morgan fingerprint density at radius 2 is 2.08 bits per heavy atom. The summed E-state index contributed by atoms with van der Waals surface area (Å²) in [6.45, 7) is 6.56. The molecule has 0 atom stereocenters. The molecule has 70 valence electrons. The summed E-state index contributed by atoms with van der Waals surface area (Å²) in [6, 6.07) is 6.31. The van der Waals surface area contributed by atoms with Crippen molar-refractivity contribution in [2.24, 2.45) is 0 Å². The molecule has 0 saturated heterocycles. The molecule has 0 heterocycles. The van der Waals surface area contributed by atoms with Gasteiger partial charge in [-0.05, 0) is 30.0 Å². The van der Waals surface area contributed by atoms with Crippen LogP contribution in [0.25, 0.3) is 0 Å². The highest BCUT2D eigenvalue weighted by atomic mass is 16.5. The molecular weight excluding hydrogens is 160 g/mol. The number of benzene rings is 1. The predicted molar refractivity (Wildman–Crippen MR) is 55.8 cm³/mol. The lowest BCUT2D eigenvalue weighted by molar-refractivity contribution is 0.184. The second-order valence-electron chi connectivity index (χ2n) is 3.13. The van der Waals surface area contributed by atoms with Gasteiger partial charge in [-0.15, -0.1) is 6.58 Å². The Balaban J connectivity index is 2.95. The molecule has 0 bridgehead atoms. The summed E-state index contributed by atoms with van der Waals surface area (Å²) < 4.78 is 5.12. The van der Waals surface area contributed by atoms with Crippen LogP contribution < -0.4 is 0 Å². The molecule has 1 heteroatoms. The minimum absolute atomic E-state index is 0.691. The predicted octanol–water partition coefficient (Wildman–Crippen LogP) is 2.87. The third-order valence-electron chi connectivity index (χ3n) is 2.22. The maximum Gasteiger partial charge on any atom is 0.0715 e. The van der Waals surface area contributed by atoms with Crippen molar-refractivity contribution in [3.8, 4) is 0 Å². The van der Waals surface area contributed by atoms with Gasteiger partial charge in [-0.2, -0.15) is 0 Å². The molecule has 0 aliphatic carbocycles. The van der Waals surface area contributed by atoms with E-state index >= 15 is 0 Å². The van der Waals surface area contributed by atoms with Gasteiger partial charge in [0.15, 0.2) is 0 Å². The van der Waals surface area contributed by atoms with Crippen LogP contribution in [0.15, 0.2) is 30.9 Å². The zero-order valence-corrected chi connectivity index (χ0v) is 8.34. The van der Waals surface area contributed by atoms with Gasteiger partial charge in [-0.3, -0.25) is 0 Å². The van der Waals surface area contributed by atoms with Crippen LogP contribution in [0.2, 0.25) is 0 Å². The molecule has 0 unspecified atom stereocenters. The number of ether oxygens (including phenoxy) is 1. The number of hydrogen-bond donors (Lipinski definition) is 0. The van der Waals surface area contributed by atoms with E-state index < -0.39 is 0 Å². The van der Waals surface area contributed by atoms with Crippen molar-refractivity contribution in [1.29, 1.82) is 0 Å². The third-order valence-corrected chi connectivity index (χ3v) is 2.22. The molecule has 1 aromatic rings. The van der Waals surface area contributed by atoms with Crippen molar-refractivity contribution in [3.05, 3.63) is 47.5 Å². The van der Waals surface area contributed by atoms with E-state index in [9.17, 15) is 0 Å². The fourth-order valence-corrected chi connectivity index (χ4v) is 1.43. The molecule has 0 spiro atoms. The van der Waals surface area contributed by atoms with Gasteiger partial charge in [0.1, 0.15) is 0 Å². The third kappa shape index (κ3) is 2.43. The van der Waals surface area contributed by atoms with Crippen molar-refractivity contribution >= 4 is 0 Å². The van der Waals surface area contributed by atoms with Crippen LogP contribution in [0.4, 0.5) is 0 Å². The van der Waals surface area contributed by atoms with E-state index in [0.29, 0.717) is 6.61 Å².